The van der Waals surface area contributed by atoms with Gasteiger partial charge in [0, 0.05) is 23.4 Å². The molecule has 0 spiro atoms. The van der Waals surface area contributed by atoms with Crippen LogP contribution in [0.1, 0.15) is 35.0 Å². The summed E-state index contributed by atoms with van der Waals surface area (Å²) in [6.45, 7) is 3.26. The van der Waals surface area contributed by atoms with Crippen LogP contribution in [-0.4, -0.2) is 54.6 Å². The molecular formula is C28H31N3O5S. The van der Waals surface area contributed by atoms with Crippen molar-refractivity contribution in [3.63, 3.8) is 0 Å². The van der Waals surface area contributed by atoms with Crippen LogP contribution in [0.3, 0.4) is 0 Å². The number of carbonyl (C=O) groups is 1. The molecule has 0 radical (unpaired) electrons. The fraction of sp³-hybridized carbons (Fsp3) is 0.321. The lowest BCUT2D eigenvalue weighted by Gasteiger charge is -2.15. The minimum Gasteiger partial charge on any atom is -0.496 e. The van der Waals surface area contributed by atoms with E-state index in [1.54, 1.807) is 42.2 Å². The quantitative estimate of drug-likeness (QED) is 0.113. The number of ether oxygens (including phenoxy) is 2. The van der Waals surface area contributed by atoms with Crippen molar-refractivity contribution in [2.45, 2.75) is 30.8 Å². The number of furan rings is 1. The second kappa shape index (κ2) is 12.1. The van der Waals surface area contributed by atoms with Crippen LogP contribution in [0.25, 0.3) is 10.9 Å². The number of ketones is 1. The molecule has 0 aliphatic heterocycles. The third-order valence-electron chi connectivity index (χ3n) is 5.85. The summed E-state index contributed by atoms with van der Waals surface area (Å²) in [6.07, 6.45) is 2.47. The van der Waals surface area contributed by atoms with E-state index < -0.39 is 0 Å². The van der Waals surface area contributed by atoms with Gasteiger partial charge in [-0.25, -0.2) is 4.98 Å². The van der Waals surface area contributed by atoms with Gasteiger partial charge in [-0.15, -0.1) is 0 Å². The zero-order valence-corrected chi connectivity index (χ0v) is 22.3. The molecule has 0 aliphatic rings. The summed E-state index contributed by atoms with van der Waals surface area (Å²) in [4.78, 5) is 32.5. The van der Waals surface area contributed by atoms with E-state index in [-0.39, 0.29) is 17.9 Å². The number of carbonyl (C=O) groups excluding carboxylic acids is 1. The van der Waals surface area contributed by atoms with Crippen molar-refractivity contribution in [3.8, 4) is 11.5 Å². The van der Waals surface area contributed by atoms with Crippen LogP contribution in [0.5, 0.6) is 11.5 Å². The van der Waals surface area contributed by atoms with Gasteiger partial charge in [-0.1, -0.05) is 11.8 Å². The predicted octanol–water partition coefficient (Wildman–Crippen LogP) is 4.87. The van der Waals surface area contributed by atoms with Crippen molar-refractivity contribution in [2.75, 3.05) is 34.4 Å². The molecule has 194 valence electrons. The van der Waals surface area contributed by atoms with E-state index in [2.05, 4.69) is 4.90 Å². The van der Waals surface area contributed by atoms with Crippen molar-refractivity contribution in [1.82, 2.24) is 14.5 Å². The number of hydrogen-bond donors (Lipinski definition) is 0. The molecule has 9 heteroatoms. The summed E-state index contributed by atoms with van der Waals surface area (Å²) >= 11 is 1.41. The molecule has 8 nitrogen and oxygen atoms in total. The highest BCUT2D eigenvalue weighted by Gasteiger charge is 2.16. The number of fused-ring (bicyclic) bond motifs is 1. The lowest BCUT2D eigenvalue weighted by Crippen LogP contribution is -2.24. The first-order chi connectivity index (χ1) is 17.9. The Balaban J connectivity index is 1.67. The molecule has 2 heterocycles. The van der Waals surface area contributed by atoms with Crippen molar-refractivity contribution >= 4 is 28.4 Å². The molecule has 0 saturated carbocycles. The molecule has 0 N–H and O–H groups in total. The summed E-state index contributed by atoms with van der Waals surface area (Å²) < 4.78 is 18.5. The monoisotopic (exact) mass is 521 g/mol. The van der Waals surface area contributed by atoms with Crippen molar-refractivity contribution < 1.29 is 18.7 Å². The Labute approximate surface area is 220 Å². The van der Waals surface area contributed by atoms with Gasteiger partial charge in [-0.2, -0.15) is 0 Å². The van der Waals surface area contributed by atoms with E-state index in [4.69, 9.17) is 18.9 Å². The zero-order valence-electron chi connectivity index (χ0n) is 21.5. The molecule has 0 unspecified atom stereocenters. The third kappa shape index (κ3) is 6.61. The van der Waals surface area contributed by atoms with Crippen LogP contribution in [0, 0.1) is 0 Å². The molecule has 2 aromatic heterocycles. The van der Waals surface area contributed by atoms with Gasteiger partial charge >= 0.3 is 0 Å². The fourth-order valence-corrected chi connectivity index (χ4v) is 4.88. The molecule has 2 aromatic carbocycles. The Morgan fingerprint density at radius 3 is 2.70 bits per heavy atom. The van der Waals surface area contributed by atoms with Gasteiger partial charge in [0.05, 0.1) is 37.4 Å². The Bertz CT molecular complexity index is 1430. The second-order valence-corrected chi connectivity index (χ2v) is 9.86. The van der Waals surface area contributed by atoms with Crippen molar-refractivity contribution in [3.05, 3.63) is 82.0 Å². The van der Waals surface area contributed by atoms with Crippen molar-refractivity contribution in [1.29, 1.82) is 0 Å². The number of benzene rings is 2. The number of hydrogen-bond acceptors (Lipinski definition) is 8. The Kier molecular flexibility index (Phi) is 8.68. The maximum atomic E-state index is 13.7. The molecule has 0 atom stereocenters. The van der Waals surface area contributed by atoms with E-state index in [0.29, 0.717) is 51.2 Å². The minimum atomic E-state index is -0.174. The van der Waals surface area contributed by atoms with Gasteiger partial charge in [0.25, 0.3) is 5.56 Å². The molecule has 0 saturated heterocycles. The molecule has 0 amide bonds. The largest absolute Gasteiger partial charge is 0.496 e. The fourth-order valence-electron chi connectivity index (χ4n) is 3.90. The molecular weight excluding hydrogens is 490 g/mol. The molecule has 0 aliphatic carbocycles. The van der Waals surface area contributed by atoms with E-state index in [0.717, 1.165) is 18.5 Å². The van der Waals surface area contributed by atoms with Crippen molar-refractivity contribution in [2.24, 2.45) is 0 Å². The smallest absolute Gasteiger partial charge is 0.262 e. The number of aromatic nitrogens is 2. The lowest BCUT2D eigenvalue weighted by molar-refractivity contribution is 0.101. The average Bonchev–Trinajstić information content (AvgIpc) is 3.40. The SMILES string of the molecule is COc1ccc(C(C)=O)cc1CSc1nc2ccc(OCCCN(C)C)cc2c(=O)n1Cc1ccco1. The summed E-state index contributed by atoms with van der Waals surface area (Å²) in [6, 6.07) is 14.4. The van der Waals surface area contributed by atoms with Gasteiger partial charge in [-0.05, 0) is 76.0 Å². The summed E-state index contributed by atoms with van der Waals surface area (Å²) in [5.74, 6) is 2.41. The summed E-state index contributed by atoms with van der Waals surface area (Å²) in [5, 5.41) is 1.03. The minimum absolute atomic E-state index is 0.0211. The number of thioether (sulfide) groups is 1. The van der Waals surface area contributed by atoms with Crippen LogP contribution in [0.2, 0.25) is 0 Å². The predicted molar refractivity (Wildman–Crippen MR) is 145 cm³/mol. The molecule has 0 bridgehead atoms. The molecule has 0 fully saturated rings. The van der Waals surface area contributed by atoms with Gasteiger partial charge in [0.2, 0.25) is 0 Å². The third-order valence-corrected chi connectivity index (χ3v) is 6.87. The van der Waals surface area contributed by atoms with Gasteiger partial charge < -0.3 is 18.8 Å². The highest BCUT2D eigenvalue weighted by Crippen LogP contribution is 2.29. The van der Waals surface area contributed by atoms with Crippen LogP contribution in [0.15, 0.2) is 69.2 Å². The first-order valence-electron chi connectivity index (χ1n) is 12.0. The Morgan fingerprint density at radius 1 is 1.16 bits per heavy atom. The van der Waals surface area contributed by atoms with Gasteiger partial charge in [-0.3, -0.25) is 14.2 Å². The first-order valence-corrected chi connectivity index (χ1v) is 13.0. The van der Waals surface area contributed by atoms with E-state index in [1.807, 2.05) is 38.4 Å². The number of methoxy groups -OCH3 is 1. The average molecular weight is 522 g/mol. The topological polar surface area (TPSA) is 86.8 Å². The van der Waals surface area contributed by atoms with E-state index >= 15 is 0 Å². The molecule has 4 rings (SSSR count). The summed E-state index contributed by atoms with van der Waals surface area (Å²) in [7, 11) is 5.64. The second-order valence-electron chi connectivity index (χ2n) is 8.92. The van der Waals surface area contributed by atoms with Crippen LogP contribution < -0.4 is 15.0 Å². The van der Waals surface area contributed by atoms with E-state index in [9.17, 15) is 9.59 Å². The zero-order chi connectivity index (χ0) is 26.4. The number of rotatable bonds is 12. The van der Waals surface area contributed by atoms with E-state index in [1.165, 1.54) is 18.7 Å². The Morgan fingerprint density at radius 2 is 2.00 bits per heavy atom. The standard InChI is InChI=1S/C28H31N3O5S/c1-19(32)20-8-11-26(34-4)21(15-20)18-37-28-29-25-10-9-22(35-14-6-12-30(2)3)16-24(25)27(33)31(28)17-23-7-5-13-36-23/h5,7-11,13,15-16H,6,12,14,17-18H2,1-4H3. The van der Waals surface area contributed by atoms with Gasteiger partial charge in [0.15, 0.2) is 10.9 Å². The van der Waals surface area contributed by atoms with Gasteiger partial charge in [0.1, 0.15) is 17.3 Å². The highest BCUT2D eigenvalue weighted by molar-refractivity contribution is 7.98. The normalized spacial score (nSPS) is 11.3. The van der Waals surface area contributed by atoms with Crippen LogP contribution in [0.4, 0.5) is 0 Å². The molecule has 4 aromatic rings. The first kappa shape index (κ1) is 26.5. The maximum Gasteiger partial charge on any atom is 0.262 e. The van der Waals surface area contributed by atoms with Crippen LogP contribution in [-0.2, 0) is 12.3 Å². The maximum absolute atomic E-state index is 13.7. The van der Waals surface area contributed by atoms with Crippen LogP contribution >= 0.6 is 11.8 Å². The number of nitrogens with zero attached hydrogens (tertiary/aromatic N) is 3. The number of Topliss-reactive ketones (excluding diaryl/α,β-unsaturated/α-hetero) is 1. The summed E-state index contributed by atoms with van der Waals surface area (Å²) in [5.41, 5.74) is 1.87. The molecule has 37 heavy (non-hydrogen) atoms. The lowest BCUT2D eigenvalue weighted by atomic mass is 10.1. The highest BCUT2D eigenvalue weighted by atomic mass is 32.2. The Hall–Kier alpha value is -3.56.